The SMILES string of the molecule is CC.CC.Nc1nccc(-c2c[nH]c3nccc(N4CCC(O)CC4)c23)n1. The molecule has 4 N–H and O–H groups in total. The predicted molar refractivity (Wildman–Crippen MR) is 112 cm³/mol. The lowest BCUT2D eigenvalue weighted by molar-refractivity contribution is 0.145. The van der Waals surface area contributed by atoms with Crippen LogP contribution >= 0.6 is 0 Å². The van der Waals surface area contributed by atoms with Crippen molar-refractivity contribution in [1.82, 2.24) is 19.9 Å². The Morgan fingerprint density at radius 2 is 1.74 bits per heavy atom. The average Bonchev–Trinajstić information content (AvgIpc) is 3.16. The van der Waals surface area contributed by atoms with Gasteiger partial charge in [0.05, 0.1) is 17.2 Å². The van der Waals surface area contributed by atoms with Crippen molar-refractivity contribution in [3.05, 3.63) is 30.7 Å². The van der Waals surface area contributed by atoms with Gasteiger partial charge in [0, 0.05) is 42.9 Å². The minimum absolute atomic E-state index is 0.198. The Morgan fingerprint density at radius 3 is 2.41 bits per heavy atom. The van der Waals surface area contributed by atoms with Crippen LogP contribution in [0.25, 0.3) is 22.3 Å². The molecule has 0 amide bonds. The molecule has 4 rings (SSSR count). The van der Waals surface area contributed by atoms with Gasteiger partial charge in [-0.3, -0.25) is 0 Å². The van der Waals surface area contributed by atoms with E-state index in [1.54, 1.807) is 12.4 Å². The van der Waals surface area contributed by atoms with E-state index in [9.17, 15) is 5.11 Å². The van der Waals surface area contributed by atoms with Crippen LogP contribution in [0.5, 0.6) is 0 Å². The fourth-order valence-electron chi connectivity index (χ4n) is 3.14. The van der Waals surface area contributed by atoms with Crippen LogP contribution in [0.15, 0.2) is 30.7 Å². The maximum absolute atomic E-state index is 9.73. The van der Waals surface area contributed by atoms with E-state index < -0.39 is 0 Å². The number of nitrogens with one attached hydrogen (secondary N) is 1. The third-order valence-corrected chi connectivity index (χ3v) is 4.31. The third-order valence-electron chi connectivity index (χ3n) is 4.31. The van der Waals surface area contributed by atoms with Gasteiger partial charge in [0.1, 0.15) is 5.65 Å². The zero-order chi connectivity index (χ0) is 19.8. The Hall–Kier alpha value is -2.67. The number of aliphatic hydroxyl groups excluding tert-OH is 1. The minimum atomic E-state index is -0.198. The number of pyridine rings is 1. The van der Waals surface area contributed by atoms with Crippen LogP contribution in [0.1, 0.15) is 40.5 Å². The molecule has 1 fully saturated rings. The van der Waals surface area contributed by atoms with Gasteiger partial charge >= 0.3 is 0 Å². The quantitative estimate of drug-likeness (QED) is 0.636. The molecule has 0 unspecified atom stereocenters. The molecule has 3 aromatic rings. The van der Waals surface area contributed by atoms with Crippen LogP contribution in [0.2, 0.25) is 0 Å². The second kappa shape index (κ2) is 9.87. The smallest absolute Gasteiger partial charge is 0.220 e. The monoisotopic (exact) mass is 370 g/mol. The van der Waals surface area contributed by atoms with Gasteiger partial charge in [-0.2, -0.15) is 0 Å². The molecule has 3 aromatic heterocycles. The molecule has 7 heteroatoms. The summed E-state index contributed by atoms with van der Waals surface area (Å²) in [6.07, 6.45) is 6.73. The van der Waals surface area contributed by atoms with E-state index in [4.69, 9.17) is 5.73 Å². The number of hydrogen-bond acceptors (Lipinski definition) is 6. The topological polar surface area (TPSA) is 104 Å². The number of H-pyrrole nitrogens is 1. The summed E-state index contributed by atoms with van der Waals surface area (Å²) < 4.78 is 0. The molecular formula is C20H30N6O. The molecule has 0 spiro atoms. The Labute approximate surface area is 160 Å². The molecule has 0 bridgehead atoms. The van der Waals surface area contributed by atoms with Crippen LogP contribution < -0.4 is 10.6 Å². The van der Waals surface area contributed by atoms with Crippen molar-refractivity contribution < 1.29 is 5.11 Å². The molecule has 0 aromatic carbocycles. The standard InChI is InChI=1S/C16H18N6O.2C2H6/c17-16-19-5-1-12(21-16)11-9-20-15-14(11)13(2-6-18-15)22-7-3-10(23)4-8-22;2*1-2/h1-2,5-6,9-10,23H,3-4,7-8H2,(H,18,20)(H2,17,19,21);2*1-2H3. The number of aromatic amines is 1. The highest BCUT2D eigenvalue weighted by atomic mass is 16.3. The molecule has 0 radical (unpaired) electrons. The van der Waals surface area contributed by atoms with Gasteiger partial charge in [-0.1, -0.05) is 27.7 Å². The Balaban J connectivity index is 0.000000614. The summed E-state index contributed by atoms with van der Waals surface area (Å²) in [7, 11) is 0. The highest BCUT2D eigenvalue weighted by molar-refractivity contribution is 6.02. The lowest BCUT2D eigenvalue weighted by Crippen LogP contribution is -2.35. The van der Waals surface area contributed by atoms with Crippen molar-refractivity contribution in [2.24, 2.45) is 0 Å². The number of nitrogens with two attached hydrogens (primary N) is 1. The molecule has 0 saturated carbocycles. The summed E-state index contributed by atoms with van der Waals surface area (Å²) in [5.74, 6) is 0.253. The molecule has 146 valence electrons. The summed E-state index contributed by atoms with van der Waals surface area (Å²) >= 11 is 0. The number of aromatic nitrogens is 4. The number of anilines is 2. The van der Waals surface area contributed by atoms with Crippen molar-refractivity contribution in [3.8, 4) is 11.3 Å². The van der Waals surface area contributed by atoms with Crippen molar-refractivity contribution >= 4 is 22.7 Å². The third kappa shape index (κ3) is 4.54. The Bertz CT molecular complexity index is 839. The van der Waals surface area contributed by atoms with Crippen molar-refractivity contribution in [3.63, 3.8) is 0 Å². The lowest BCUT2D eigenvalue weighted by Gasteiger charge is -2.32. The van der Waals surface area contributed by atoms with Crippen LogP contribution in [0, 0.1) is 0 Å². The zero-order valence-electron chi connectivity index (χ0n) is 16.6. The molecule has 7 nitrogen and oxygen atoms in total. The largest absolute Gasteiger partial charge is 0.393 e. The van der Waals surface area contributed by atoms with E-state index in [0.29, 0.717) is 0 Å². The number of nitrogen functional groups attached to an aromatic ring is 1. The van der Waals surface area contributed by atoms with Crippen molar-refractivity contribution in [2.75, 3.05) is 23.7 Å². The molecule has 27 heavy (non-hydrogen) atoms. The first kappa shape index (κ1) is 20.6. The second-order valence-corrected chi connectivity index (χ2v) is 5.77. The van der Waals surface area contributed by atoms with Gasteiger partial charge in [-0.25, -0.2) is 15.0 Å². The normalized spacial score (nSPS) is 14.2. The van der Waals surface area contributed by atoms with Gasteiger partial charge in [0.15, 0.2) is 0 Å². The number of rotatable bonds is 2. The van der Waals surface area contributed by atoms with Crippen molar-refractivity contribution in [1.29, 1.82) is 0 Å². The summed E-state index contributed by atoms with van der Waals surface area (Å²) in [6, 6.07) is 3.86. The number of piperidine rings is 1. The molecule has 1 aliphatic rings. The summed E-state index contributed by atoms with van der Waals surface area (Å²) in [4.78, 5) is 18.2. The Kier molecular flexibility index (Phi) is 7.55. The van der Waals surface area contributed by atoms with E-state index >= 15 is 0 Å². The van der Waals surface area contributed by atoms with Gasteiger partial charge < -0.3 is 20.7 Å². The van der Waals surface area contributed by atoms with Crippen LogP contribution in [-0.4, -0.2) is 44.2 Å². The Morgan fingerprint density at radius 1 is 1.07 bits per heavy atom. The number of aliphatic hydroxyl groups is 1. The number of nitrogens with zero attached hydrogens (tertiary/aromatic N) is 4. The van der Waals surface area contributed by atoms with Gasteiger partial charge in [-0.05, 0) is 25.0 Å². The molecule has 0 aliphatic carbocycles. The highest BCUT2D eigenvalue weighted by Gasteiger charge is 2.21. The fraction of sp³-hybridized carbons (Fsp3) is 0.450. The molecular weight excluding hydrogens is 340 g/mol. The van der Waals surface area contributed by atoms with E-state index in [1.165, 1.54) is 0 Å². The van der Waals surface area contributed by atoms with E-state index in [0.717, 1.165) is 53.9 Å². The second-order valence-electron chi connectivity index (χ2n) is 5.77. The average molecular weight is 371 g/mol. The zero-order valence-corrected chi connectivity index (χ0v) is 16.6. The van der Waals surface area contributed by atoms with Gasteiger partial charge in [0.25, 0.3) is 0 Å². The van der Waals surface area contributed by atoms with Crippen LogP contribution in [0.4, 0.5) is 11.6 Å². The summed E-state index contributed by atoms with van der Waals surface area (Å²) in [6.45, 7) is 9.66. The van der Waals surface area contributed by atoms with Crippen molar-refractivity contribution in [2.45, 2.75) is 46.6 Å². The maximum atomic E-state index is 9.73. The van der Waals surface area contributed by atoms with Gasteiger partial charge in [0.2, 0.25) is 5.95 Å². The molecule has 1 saturated heterocycles. The molecule has 4 heterocycles. The van der Waals surface area contributed by atoms with Crippen LogP contribution in [0.3, 0.4) is 0 Å². The number of fused-ring (bicyclic) bond motifs is 1. The summed E-state index contributed by atoms with van der Waals surface area (Å²) in [5.41, 5.74) is 9.38. The molecule has 1 aliphatic heterocycles. The first-order valence-electron chi connectivity index (χ1n) is 9.70. The first-order valence-corrected chi connectivity index (χ1v) is 9.70. The maximum Gasteiger partial charge on any atom is 0.220 e. The van der Waals surface area contributed by atoms with E-state index in [2.05, 4.69) is 24.8 Å². The fourth-order valence-corrected chi connectivity index (χ4v) is 3.14. The predicted octanol–water partition coefficient (Wildman–Crippen LogP) is 3.62. The highest BCUT2D eigenvalue weighted by Crippen LogP contribution is 2.35. The molecule has 0 atom stereocenters. The lowest BCUT2D eigenvalue weighted by atomic mass is 10.0. The number of hydrogen-bond donors (Lipinski definition) is 3. The van der Waals surface area contributed by atoms with E-state index in [1.807, 2.05) is 46.0 Å². The van der Waals surface area contributed by atoms with E-state index in [-0.39, 0.29) is 12.1 Å². The van der Waals surface area contributed by atoms with Gasteiger partial charge in [-0.15, -0.1) is 0 Å². The van der Waals surface area contributed by atoms with Crippen LogP contribution in [-0.2, 0) is 0 Å². The summed E-state index contributed by atoms with van der Waals surface area (Å²) in [5, 5.41) is 10.8. The minimum Gasteiger partial charge on any atom is -0.393 e. The first-order chi connectivity index (χ1) is 13.2.